The molecule has 0 aromatic rings. The third-order valence-electron chi connectivity index (χ3n) is 3.57. The molecule has 0 aliphatic rings. The molecule has 0 aliphatic heterocycles. The first-order valence-corrected chi connectivity index (χ1v) is 6.61. The van der Waals surface area contributed by atoms with Crippen LogP contribution in [0.5, 0.6) is 0 Å². The van der Waals surface area contributed by atoms with Gasteiger partial charge in [-0.15, -0.1) is 0 Å². The predicted molar refractivity (Wildman–Crippen MR) is 73.9 cm³/mol. The van der Waals surface area contributed by atoms with E-state index in [4.69, 9.17) is 0 Å². The van der Waals surface area contributed by atoms with Crippen molar-refractivity contribution in [1.82, 2.24) is 10.2 Å². The summed E-state index contributed by atoms with van der Waals surface area (Å²) in [5.74, 6) is 0. The highest BCUT2D eigenvalue weighted by molar-refractivity contribution is 4.77. The Morgan fingerprint density at radius 3 is 2.00 bits per heavy atom. The molecule has 2 nitrogen and oxygen atoms in total. The third kappa shape index (κ3) is 7.24. The van der Waals surface area contributed by atoms with Crippen LogP contribution < -0.4 is 5.32 Å². The predicted octanol–water partition coefficient (Wildman–Crippen LogP) is 3.13. The van der Waals surface area contributed by atoms with Gasteiger partial charge in [-0.1, -0.05) is 27.7 Å². The largest absolute Gasteiger partial charge is 0.315 e. The average Bonchev–Trinajstić information content (AvgIpc) is 2.15. The van der Waals surface area contributed by atoms with Crippen molar-refractivity contribution in [3.63, 3.8) is 0 Å². The van der Waals surface area contributed by atoms with Gasteiger partial charge in [-0.2, -0.15) is 0 Å². The Morgan fingerprint density at radius 1 is 1.00 bits per heavy atom. The molecular formula is C14H32N2. The molecule has 0 fully saturated rings. The summed E-state index contributed by atoms with van der Waals surface area (Å²) in [7, 11) is 2.22. The van der Waals surface area contributed by atoms with Gasteiger partial charge in [0.2, 0.25) is 0 Å². The van der Waals surface area contributed by atoms with Crippen molar-refractivity contribution in [2.75, 3.05) is 26.7 Å². The van der Waals surface area contributed by atoms with Gasteiger partial charge in [0, 0.05) is 18.6 Å². The number of rotatable bonds is 7. The van der Waals surface area contributed by atoms with E-state index >= 15 is 0 Å². The zero-order valence-electron chi connectivity index (χ0n) is 12.5. The lowest BCUT2D eigenvalue weighted by Gasteiger charge is -2.35. The Morgan fingerprint density at radius 2 is 1.56 bits per heavy atom. The van der Waals surface area contributed by atoms with Crippen LogP contribution in [-0.4, -0.2) is 37.1 Å². The summed E-state index contributed by atoms with van der Waals surface area (Å²) in [4.78, 5) is 2.44. The van der Waals surface area contributed by atoms with E-state index in [1.165, 1.54) is 12.8 Å². The molecular weight excluding hydrogens is 196 g/mol. The summed E-state index contributed by atoms with van der Waals surface area (Å²) in [5.41, 5.74) is 0.771. The lowest BCUT2D eigenvalue weighted by Crippen LogP contribution is -2.44. The molecule has 16 heavy (non-hydrogen) atoms. The zero-order valence-corrected chi connectivity index (χ0v) is 12.5. The standard InChI is InChI=1S/C14H32N2/c1-8-14(5,6)16(7)12-11-15-10-9-13(2,3)4/h15H,8-12H2,1-7H3. The minimum absolute atomic E-state index is 0.325. The van der Waals surface area contributed by atoms with E-state index in [9.17, 15) is 0 Å². The van der Waals surface area contributed by atoms with Gasteiger partial charge in [0.25, 0.3) is 0 Å². The second-order valence-electron chi connectivity index (χ2n) is 6.65. The van der Waals surface area contributed by atoms with Crippen molar-refractivity contribution in [2.45, 2.75) is 59.9 Å². The first kappa shape index (κ1) is 15.9. The lowest BCUT2D eigenvalue weighted by atomic mass is 9.92. The van der Waals surface area contributed by atoms with Crippen LogP contribution in [0.2, 0.25) is 0 Å². The van der Waals surface area contributed by atoms with Gasteiger partial charge < -0.3 is 5.32 Å². The Hall–Kier alpha value is -0.0800. The number of hydrogen-bond acceptors (Lipinski definition) is 2. The minimum atomic E-state index is 0.325. The normalized spacial score (nSPS) is 13.5. The van der Waals surface area contributed by atoms with Gasteiger partial charge in [-0.05, 0) is 45.7 Å². The maximum Gasteiger partial charge on any atom is 0.0148 e. The van der Waals surface area contributed by atoms with Crippen LogP contribution in [0.1, 0.15) is 54.4 Å². The topological polar surface area (TPSA) is 15.3 Å². The number of hydrogen-bond donors (Lipinski definition) is 1. The molecule has 1 N–H and O–H groups in total. The second kappa shape index (κ2) is 6.61. The highest BCUT2D eigenvalue weighted by Crippen LogP contribution is 2.17. The maximum atomic E-state index is 3.53. The Bertz CT molecular complexity index is 180. The van der Waals surface area contributed by atoms with E-state index in [1.807, 2.05) is 0 Å². The third-order valence-corrected chi connectivity index (χ3v) is 3.57. The Labute approximate surface area is 103 Å². The van der Waals surface area contributed by atoms with E-state index in [0.717, 1.165) is 19.6 Å². The highest BCUT2D eigenvalue weighted by atomic mass is 15.2. The molecule has 0 aromatic heterocycles. The Balaban J connectivity index is 3.60. The number of likely N-dealkylation sites (N-methyl/N-ethyl adjacent to an activating group) is 1. The van der Waals surface area contributed by atoms with Crippen LogP contribution in [0.4, 0.5) is 0 Å². The van der Waals surface area contributed by atoms with Gasteiger partial charge in [0.1, 0.15) is 0 Å². The van der Waals surface area contributed by atoms with Crippen molar-refractivity contribution < 1.29 is 0 Å². The second-order valence-corrected chi connectivity index (χ2v) is 6.65. The fourth-order valence-electron chi connectivity index (χ4n) is 1.41. The molecule has 98 valence electrons. The first-order valence-electron chi connectivity index (χ1n) is 6.61. The summed E-state index contributed by atoms with van der Waals surface area (Å²) < 4.78 is 0. The molecule has 0 bridgehead atoms. The fraction of sp³-hybridized carbons (Fsp3) is 1.00. The molecule has 0 heterocycles. The molecule has 0 aromatic carbocycles. The summed E-state index contributed by atoms with van der Waals surface area (Å²) in [5, 5.41) is 3.53. The van der Waals surface area contributed by atoms with E-state index in [1.54, 1.807) is 0 Å². The molecule has 0 amide bonds. The van der Waals surface area contributed by atoms with Crippen molar-refractivity contribution in [3.8, 4) is 0 Å². The van der Waals surface area contributed by atoms with E-state index in [2.05, 4.69) is 58.8 Å². The summed E-state index contributed by atoms with van der Waals surface area (Å²) >= 11 is 0. The van der Waals surface area contributed by atoms with Crippen LogP contribution in [0.3, 0.4) is 0 Å². The van der Waals surface area contributed by atoms with Crippen molar-refractivity contribution in [2.24, 2.45) is 5.41 Å². The van der Waals surface area contributed by atoms with Crippen LogP contribution in [0, 0.1) is 5.41 Å². The molecule has 0 unspecified atom stereocenters. The summed E-state index contributed by atoms with van der Waals surface area (Å²) in [6, 6.07) is 0. The molecule has 0 saturated carbocycles. The smallest absolute Gasteiger partial charge is 0.0148 e. The maximum absolute atomic E-state index is 3.53. The molecule has 0 radical (unpaired) electrons. The summed E-state index contributed by atoms with van der Waals surface area (Å²) in [6.07, 6.45) is 2.44. The number of nitrogens with one attached hydrogen (secondary N) is 1. The van der Waals surface area contributed by atoms with Gasteiger partial charge in [0.05, 0.1) is 0 Å². The Kier molecular flexibility index (Phi) is 6.57. The van der Waals surface area contributed by atoms with Crippen molar-refractivity contribution in [3.05, 3.63) is 0 Å². The van der Waals surface area contributed by atoms with Gasteiger partial charge >= 0.3 is 0 Å². The van der Waals surface area contributed by atoms with Gasteiger partial charge in [-0.3, -0.25) is 4.90 Å². The van der Waals surface area contributed by atoms with Crippen LogP contribution in [0.15, 0.2) is 0 Å². The van der Waals surface area contributed by atoms with Crippen LogP contribution in [0.25, 0.3) is 0 Å². The monoisotopic (exact) mass is 228 g/mol. The first-order chi connectivity index (χ1) is 7.19. The average molecular weight is 228 g/mol. The van der Waals surface area contributed by atoms with Crippen molar-refractivity contribution >= 4 is 0 Å². The molecule has 2 heteroatoms. The molecule has 0 spiro atoms. The van der Waals surface area contributed by atoms with Crippen LogP contribution >= 0.6 is 0 Å². The minimum Gasteiger partial charge on any atom is -0.315 e. The zero-order chi connectivity index (χ0) is 12.8. The molecule has 0 rings (SSSR count). The number of nitrogens with zero attached hydrogens (tertiary/aromatic N) is 1. The lowest BCUT2D eigenvalue weighted by molar-refractivity contribution is 0.151. The van der Waals surface area contributed by atoms with Gasteiger partial charge in [0.15, 0.2) is 0 Å². The quantitative estimate of drug-likeness (QED) is 0.674. The van der Waals surface area contributed by atoms with E-state index in [-0.39, 0.29) is 0 Å². The highest BCUT2D eigenvalue weighted by Gasteiger charge is 2.20. The molecule has 0 aliphatic carbocycles. The van der Waals surface area contributed by atoms with E-state index < -0.39 is 0 Å². The molecule has 0 atom stereocenters. The van der Waals surface area contributed by atoms with Gasteiger partial charge in [-0.25, -0.2) is 0 Å². The van der Waals surface area contributed by atoms with Crippen molar-refractivity contribution in [1.29, 1.82) is 0 Å². The fourth-order valence-corrected chi connectivity index (χ4v) is 1.41. The summed E-state index contributed by atoms with van der Waals surface area (Å²) in [6.45, 7) is 17.1. The van der Waals surface area contributed by atoms with E-state index in [0.29, 0.717) is 11.0 Å². The SMILES string of the molecule is CCC(C)(C)N(C)CCNCCC(C)(C)C. The van der Waals surface area contributed by atoms with Crippen LogP contribution in [-0.2, 0) is 0 Å². The molecule has 0 saturated heterocycles.